The van der Waals surface area contributed by atoms with Crippen molar-refractivity contribution in [1.29, 1.82) is 0 Å². The number of hydrogen-bond acceptors (Lipinski definition) is 3. The molecule has 1 amide bonds. The zero-order valence-corrected chi connectivity index (χ0v) is 15.7. The number of carbonyl (C=O) groups is 1. The van der Waals surface area contributed by atoms with Gasteiger partial charge in [0.25, 0.3) is 0 Å². The number of unbranched alkanes of at least 4 members (excludes halogenated alkanes) is 1. The lowest BCUT2D eigenvalue weighted by molar-refractivity contribution is 0.0521. The molecule has 23 heavy (non-hydrogen) atoms. The fraction of sp³-hybridized carbons (Fsp3) is 0.947. The Morgan fingerprint density at radius 1 is 1.17 bits per heavy atom. The molecule has 1 aliphatic carbocycles. The van der Waals surface area contributed by atoms with Crippen molar-refractivity contribution in [3.63, 3.8) is 0 Å². The van der Waals surface area contributed by atoms with Gasteiger partial charge in [0.05, 0.1) is 0 Å². The van der Waals surface area contributed by atoms with Crippen molar-refractivity contribution < 1.29 is 9.53 Å². The number of alkyl carbamates (subject to hydrolysis) is 1. The van der Waals surface area contributed by atoms with Gasteiger partial charge in [0, 0.05) is 12.6 Å². The van der Waals surface area contributed by atoms with E-state index in [2.05, 4.69) is 17.6 Å². The van der Waals surface area contributed by atoms with E-state index in [1.165, 1.54) is 51.4 Å². The average molecular weight is 327 g/mol. The topological polar surface area (TPSA) is 50.4 Å². The lowest BCUT2D eigenvalue weighted by atomic mass is 9.99. The first-order valence-electron chi connectivity index (χ1n) is 9.61. The largest absolute Gasteiger partial charge is 0.444 e. The Morgan fingerprint density at radius 3 is 2.39 bits per heavy atom. The maximum Gasteiger partial charge on any atom is 0.407 e. The van der Waals surface area contributed by atoms with Gasteiger partial charge in [0.15, 0.2) is 0 Å². The minimum atomic E-state index is -0.434. The van der Waals surface area contributed by atoms with Crippen LogP contribution in [-0.2, 0) is 4.74 Å². The second kappa shape index (κ2) is 10.9. The number of nitrogens with one attached hydrogen (secondary N) is 2. The predicted octanol–water partition coefficient (Wildman–Crippen LogP) is 4.63. The van der Waals surface area contributed by atoms with Crippen LogP contribution in [0.4, 0.5) is 4.79 Å². The van der Waals surface area contributed by atoms with E-state index < -0.39 is 5.60 Å². The van der Waals surface area contributed by atoms with Crippen molar-refractivity contribution in [2.75, 3.05) is 13.1 Å². The Kier molecular flexibility index (Phi) is 9.61. The third kappa shape index (κ3) is 10.6. The summed E-state index contributed by atoms with van der Waals surface area (Å²) in [6, 6.07) is 0.353. The molecule has 1 unspecified atom stereocenters. The fourth-order valence-electron chi connectivity index (χ4n) is 3.15. The summed E-state index contributed by atoms with van der Waals surface area (Å²) in [6.45, 7) is 9.64. The molecule has 0 saturated heterocycles. The minimum Gasteiger partial charge on any atom is -0.444 e. The Hall–Kier alpha value is -0.770. The Labute approximate surface area is 143 Å². The molecular weight excluding hydrogens is 288 g/mol. The minimum absolute atomic E-state index is 0.310. The first-order valence-corrected chi connectivity index (χ1v) is 9.61. The Bertz CT molecular complexity index is 318. The van der Waals surface area contributed by atoms with Gasteiger partial charge in [0.1, 0.15) is 5.60 Å². The molecule has 0 heterocycles. The van der Waals surface area contributed by atoms with Crippen LogP contribution in [0.15, 0.2) is 0 Å². The molecule has 0 aromatic heterocycles. The number of ether oxygens (including phenoxy) is 1. The van der Waals surface area contributed by atoms with Crippen LogP contribution >= 0.6 is 0 Å². The monoisotopic (exact) mass is 326 g/mol. The lowest BCUT2D eigenvalue weighted by Gasteiger charge is -2.24. The van der Waals surface area contributed by atoms with Crippen LogP contribution in [-0.4, -0.2) is 30.8 Å². The van der Waals surface area contributed by atoms with E-state index in [0.29, 0.717) is 12.6 Å². The Morgan fingerprint density at radius 2 is 1.83 bits per heavy atom. The molecule has 4 heteroatoms. The first kappa shape index (κ1) is 20.3. The van der Waals surface area contributed by atoms with E-state index in [1.807, 2.05) is 20.8 Å². The van der Waals surface area contributed by atoms with Crippen LogP contribution in [0.5, 0.6) is 0 Å². The summed E-state index contributed by atoms with van der Waals surface area (Å²) in [5.74, 6) is 0.808. The number of carbonyl (C=O) groups excluding carboxylic acids is 1. The summed E-state index contributed by atoms with van der Waals surface area (Å²) < 4.78 is 5.33. The highest BCUT2D eigenvalue weighted by Crippen LogP contribution is 2.22. The third-order valence-corrected chi connectivity index (χ3v) is 4.47. The number of hydrogen-bond donors (Lipinski definition) is 2. The van der Waals surface area contributed by atoms with Gasteiger partial charge in [-0.05, 0) is 52.5 Å². The standard InChI is InChI=1S/C19H38N2O2/c1-5-6-13-17(15-21-18(22)23-19(2,3)4)20-14-16-11-9-7-8-10-12-16/h16-17,20H,5-15H2,1-4H3,(H,21,22). The summed E-state index contributed by atoms with van der Waals surface area (Å²) >= 11 is 0. The molecule has 1 saturated carbocycles. The molecule has 1 rings (SSSR count). The molecule has 0 aromatic rings. The van der Waals surface area contributed by atoms with Crippen molar-refractivity contribution in [2.45, 2.75) is 97.1 Å². The molecule has 1 aliphatic rings. The van der Waals surface area contributed by atoms with Crippen molar-refractivity contribution in [3.05, 3.63) is 0 Å². The van der Waals surface area contributed by atoms with E-state index in [1.54, 1.807) is 0 Å². The quantitative estimate of drug-likeness (QED) is 0.639. The smallest absolute Gasteiger partial charge is 0.407 e. The SMILES string of the molecule is CCCCC(CNC(=O)OC(C)(C)C)NCC1CCCCCC1. The zero-order valence-electron chi connectivity index (χ0n) is 15.7. The van der Waals surface area contributed by atoms with Crippen LogP contribution in [0, 0.1) is 5.92 Å². The van der Waals surface area contributed by atoms with Crippen molar-refractivity contribution in [2.24, 2.45) is 5.92 Å². The van der Waals surface area contributed by atoms with Crippen LogP contribution < -0.4 is 10.6 Å². The highest BCUT2D eigenvalue weighted by Gasteiger charge is 2.18. The zero-order chi connectivity index (χ0) is 17.1. The molecule has 136 valence electrons. The van der Waals surface area contributed by atoms with Gasteiger partial charge >= 0.3 is 6.09 Å². The maximum absolute atomic E-state index is 11.8. The predicted molar refractivity (Wildman–Crippen MR) is 96.7 cm³/mol. The Balaban J connectivity index is 2.34. The molecular formula is C19H38N2O2. The summed E-state index contributed by atoms with van der Waals surface area (Å²) in [6.07, 6.45) is 11.4. The molecule has 0 aromatic carbocycles. The van der Waals surface area contributed by atoms with Crippen LogP contribution in [0.2, 0.25) is 0 Å². The second-order valence-electron chi connectivity index (χ2n) is 7.99. The van der Waals surface area contributed by atoms with Gasteiger partial charge < -0.3 is 15.4 Å². The molecule has 1 atom stereocenters. The molecule has 0 bridgehead atoms. The number of rotatable bonds is 8. The summed E-state index contributed by atoms with van der Waals surface area (Å²) in [7, 11) is 0. The molecule has 1 fully saturated rings. The van der Waals surface area contributed by atoms with Crippen LogP contribution in [0.25, 0.3) is 0 Å². The second-order valence-corrected chi connectivity index (χ2v) is 7.99. The van der Waals surface area contributed by atoms with Gasteiger partial charge in [0.2, 0.25) is 0 Å². The lowest BCUT2D eigenvalue weighted by Crippen LogP contribution is -2.44. The summed E-state index contributed by atoms with van der Waals surface area (Å²) in [5.41, 5.74) is -0.434. The normalized spacial score (nSPS) is 18.3. The molecule has 2 N–H and O–H groups in total. The van der Waals surface area contributed by atoms with Crippen molar-refractivity contribution >= 4 is 6.09 Å². The maximum atomic E-state index is 11.8. The van der Waals surface area contributed by atoms with Crippen molar-refractivity contribution in [3.8, 4) is 0 Å². The van der Waals surface area contributed by atoms with E-state index in [-0.39, 0.29) is 6.09 Å². The fourth-order valence-corrected chi connectivity index (χ4v) is 3.15. The van der Waals surface area contributed by atoms with Crippen molar-refractivity contribution in [1.82, 2.24) is 10.6 Å². The van der Waals surface area contributed by atoms with Gasteiger partial charge in [-0.25, -0.2) is 4.79 Å². The van der Waals surface area contributed by atoms with E-state index >= 15 is 0 Å². The molecule has 0 radical (unpaired) electrons. The molecule has 0 aliphatic heterocycles. The highest BCUT2D eigenvalue weighted by molar-refractivity contribution is 5.67. The highest BCUT2D eigenvalue weighted by atomic mass is 16.6. The number of amides is 1. The van der Waals surface area contributed by atoms with Crippen LogP contribution in [0.1, 0.15) is 85.5 Å². The van der Waals surface area contributed by atoms with E-state index in [9.17, 15) is 4.79 Å². The molecule has 0 spiro atoms. The van der Waals surface area contributed by atoms with Gasteiger partial charge in [-0.15, -0.1) is 0 Å². The van der Waals surface area contributed by atoms with Gasteiger partial charge in [-0.2, -0.15) is 0 Å². The average Bonchev–Trinajstić information content (AvgIpc) is 2.73. The molecule has 4 nitrogen and oxygen atoms in total. The van der Waals surface area contributed by atoms with E-state index in [0.717, 1.165) is 18.9 Å². The van der Waals surface area contributed by atoms with Crippen LogP contribution in [0.3, 0.4) is 0 Å². The van der Waals surface area contributed by atoms with Gasteiger partial charge in [-0.1, -0.05) is 45.4 Å². The van der Waals surface area contributed by atoms with Gasteiger partial charge in [-0.3, -0.25) is 0 Å². The first-order chi connectivity index (χ1) is 10.9. The summed E-state index contributed by atoms with van der Waals surface area (Å²) in [4.78, 5) is 11.8. The third-order valence-electron chi connectivity index (χ3n) is 4.47. The summed E-state index contributed by atoms with van der Waals surface area (Å²) in [5, 5.41) is 6.62. The van der Waals surface area contributed by atoms with E-state index in [4.69, 9.17) is 4.74 Å².